The topological polar surface area (TPSA) is 29.1 Å². The van der Waals surface area contributed by atoms with Crippen molar-refractivity contribution < 1.29 is 4.79 Å². The van der Waals surface area contributed by atoms with Gasteiger partial charge in [0.15, 0.2) is 0 Å². The third kappa shape index (κ3) is 2.41. The second kappa shape index (κ2) is 4.09. The van der Waals surface area contributed by atoms with Gasteiger partial charge in [-0.25, -0.2) is 0 Å². The SMILES string of the molecule is CC1CC1C(=O)NC1CCC(Cl)CC1. The zero-order valence-electron chi connectivity index (χ0n) is 8.63. The first-order valence-electron chi connectivity index (χ1n) is 5.61. The molecule has 0 aliphatic heterocycles. The molecular formula is C11H18ClNO. The first-order chi connectivity index (χ1) is 6.66. The van der Waals surface area contributed by atoms with Gasteiger partial charge in [0.05, 0.1) is 0 Å². The van der Waals surface area contributed by atoms with Crippen LogP contribution in [0, 0.1) is 11.8 Å². The Morgan fingerprint density at radius 3 is 2.36 bits per heavy atom. The van der Waals surface area contributed by atoms with Gasteiger partial charge in [0.2, 0.25) is 5.91 Å². The van der Waals surface area contributed by atoms with E-state index in [-0.39, 0.29) is 5.91 Å². The number of carbonyl (C=O) groups excluding carboxylic acids is 1. The first-order valence-corrected chi connectivity index (χ1v) is 6.05. The van der Waals surface area contributed by atoms with E-state index < -0.39 is 0 Å². The van der Waals surface area contributed by atoms with E-state index in [1.165, 1.54) is 0 Å². The third-order valence-corrected chi connectivity index (χ3v) is 3.89. The molecule has 14 heavy (non-hydrogen) atoms. The lowest BCUT2D eigenvalue weighted by Gasteiger charge is -2.25. The maximum Gasteiger partial charge on any atom is 0.223 e. The van der Waals surface area contributed by atoms with Gasteiger partial charge in [-0.2, -0.15) is 0 Å². The summed E-state index contributed by atoms with van der Waals surface area (Å²) in [5.41, 5.74) is 0. The van der Waals surface area contributed by atoms with Crippen molar-refractivity contribution in [3.8, 4) is 0 Å². The summed E-state index contributed by atoms with van der Waals surface area (Å²) in [5.74, 6) is 1.19. The monoisotopic (exact) mass is 215 g/mol. The minimum absolute atomic E-state index is 0.274. The first kappa shape index (κ1) is 10.3. The Labute approximate surface area is 90.4 Å². The van der Waals surface area contributed by atoms with Gasteiger partial charge in [0.25, 0.3) is 0 Å². The molecule has 1 N–H and O–H groups in total. The van der Waals surface area contributed by atoms with Crippen LogP contribution in [-0.4, -0.2) is 17.3 Å². The summed E-state index contributed by atoms with van der Waals surface area (Å²) in [6, 6.07) is 0.394. The van der Waals surface area contributed by atoms with Gasteiger partial charge in [0.1, 0.15) is 0 Å². The maximum absolute atomic E-state index is 11.6. The van der Waals surface area contributed by atoms with E-state index in [1.807, 2.05) is 0 Å². The van der Waals surface area contributed by atoms with E-state index in [0.29, 0.717) is 23.3 Å². The average molecular weight is 216 g/mol. The van der Waals surface area contributed by atoms with Crippen LogP contribution in [0.5, 0.6) is 0 Å². The van der Waals surface area contributed by atoms with Crippen LogP contribution in [0.3, 0.4) is 0 Å². The number of hydrogen-bond acceptors (Lipinski definition) is 1. The van der Waals surface area contributed by atoms with Gasteiger partial charge in [-0.1, -0.05) is 6.92 Å². The molecule has 0 saturated heterocycles. The van der Waals surface area contributed by atoms with Crippen molar-refractivity contribution in [2.45, 2.75) is 50.4 Å². The van der Waals surface area contributed by atoms with Crippen LogP contribution >= 0.6 is 11.6 Å². The van der Waals surface area contributed by atoms with E-state index in [2.05, 4.69) is 12.2 Å². The lowest BCUT2D eigenvalue weighted by Crippen LogP contribution is -2.38. The smallest absolute Gasteiger partial charge is 0.223 e. The van der Waals surface area contributed by atoms with Crippen molar-refractivity contribution in [2.24, 2.45) is 11.8 Å². The van der Waals surface area contributed by atoms with Gasteiger partial charge < -0.3 is 5.32 Å². The minimum Gasteiger partial charge on any atom is -0.353 e. The second-order valence-electron chi connectivity index (χ2n) is 4.78. The Hall–Kier alpha value is -0.240. The van der Waals surface area contributed by atoms with Crippen LogP contribution in [-0.2, 0) is 4.79 Å². The quantitative estimate of drug-likeness (QED) is 0.704. The number of halogens is 1. The molecule has 0 aromatic heterocycles. The molecule has 80 valence electrons. The Kier molecular flexibility index (Phi) is 3.01. The lowest BCUT2D eigenvalue weighted by atomic mass is 9.95. The van der Waals surface area contributed by atoms with E-state index in [9.17, 15) is 4.79 Å². The molecule has 2 fully saturated rings. The number of alkyl halides is 1. The Morgan fingerprint density at radius 1 is 1.29 bits per heavy atom. The highest BCUT2D eigenvalue weighted by atomic mass is 35.5. The fraction of sp³-hybridized carbons (Fsp3) is 0.909. The van der Waals surface area contributed by atoms with Crippen molar-refractivity contribution in [3.05, 3.63) is 0 Å². The molecule has 0 bridgehead atoms. The molecule has 2 nitrogen and oxygen atoms in total. The van der Waals surface area contributed by atoms with Gasteiger partial charge in [-0.05, 0) is 38.0 Å². The van der Waals surface area contributed by atoms with Gasteiger partial charge >= 0.3 is 0 Å². The fourth-order valence-electron chi connectivity index (χ4n) is 2.19. The summed E-state index contributed by atoms with van der Waals surface area (Å²) in [6.07, 6.45) is 5.29. The van der Waals surface area contributed by atoms with E-state index in [0.717, 1.165) is 32.1 Å². The summed E-state index contributed by atoms with van der Waals surface area (Å²) in [7, 11) is 0. The fourth-order valence-corrected chi connectivity index (χ4v) is 2.44. The number of rotatable bonds is 2. The number of hydrogen-bond donors (Lipinski definition) is 1. The van der Waals surface area contributed by atoms with Crippen LogP contribution < -0.4 is 5.32 Å². The molecule has 2 rings (SSSR count). The lowest BCUT2D eigenvalue weighted by molar-refractivity contribution is -0.123. The van der Waals surface area contributed by atoms with Gasteiger partial charge in [-0.15, -0.1) is 11.6 Å². The highest BCUT2D eigenvalue weighted by Gasteiger charge is 2.39. The highest BCUT2D eigenvalue weighted by molar-refractivity contribution is 6.20. The van der Waals surface area contributed by atoms with Gasteiger partial charge in [-0.3, -0.25) is 4.79 Å². The largest absolute Gasteiger partial charge is 0.353 e. The molecule has 2 aliphatic carbocycles. The normalized spacial score (nSPS) is 41.9. The maximum atomic E-state index is 11.6. The van der Waals surface area contributed by atoms with Gasteiger partial charge in [0, 0.05) is 17.3 Å². The molecule has 1 amide bonds. The summed E-state index contributed by atoms with van der Waals surface area (Å²) in [6.45, 7) is 2.14. The van der Waals surface area contributed by atoms with Crippen LogP contribution in [0.2, 0.25) is 0 Å². The van der Waals surface area contributed by atoms with E-state index in [4.69, 9.17) is 11.6 Å². The molecule has 0 spiro atoms. The van der Waals surface area contributed by atoms with Crippen molar-refractivity contribution >= 4 is 17.5 Å². The van der Waals surface area contributed by atoms with Crippen LogP contribution in [0.1, 0.15) is 39.0 Å². The van der Waals surface area contributed by atoms with Crippen LogP contribution in [0.15, 0.2) is 0 Å². The van der Waals surface area contributed by atoms with Crippen molar-refractivity contribution in [1.29, 1.82) is 0 Å². The zero-order valence-corrected chi connectivity index (χ0v) is 9.39. The number of nitrogens with one attached hydrogen (secondary N) is 1. The Bertz CT molecular complexity index is 223. The molecule has 0 heterocycles. The predicted octanol–water partition coefficient (Wildman–Crippen LogP) is 2.31. The van der Waals surface area contributed by atoms with Crippen molar-refractivity contribution in [1.82, 2.24) is 5.32 Å². The molecule has 0 radical (unpaired) electrons. The average Bonchev–Trinajstić information content (AvgIpc) is 2.87. The molecule has 3 heteroatoms. The van der Waals surface area contributed by atoms with Crippen LogP contribution in [0.25, 0.3) is 0 Å². The molecule has 2 atom stereocenters. The predicted molar refractivity (Wildman–Crippen MR) is 57.3 cm³/mol. The highest BCUT2D eigenvalue weighted by Crippen LogP contribution is 2.38. The zero-order chi connectivity index (χ0) is 10.1. The third-order valence-electron chi connectivity index (χ3n) is 3.45. The summed E-state index contributed by atoms with van der Waals surface area (Å²) >= 11 is 6.00. The second-order valence-corrected chi connectivity index (χ2v) is 5.39. The molecular weight excluding hydrogens is 198 g/mol. The Balaban J connectivity index is 1.72. The standard InChI is InChI=1S/C11H18ClNO/c1-7-6-10(7)11(14)13-9-4-2-8(12)3-5-9/h7-10H,2-6H2,1H3,(H,13,14). The van der Waals surface area contributed by atoms with Crippen molar-refractivity contribution in [2.75, 3.05) is 0 Å². The summed E-state index contributed by atoms with van der Waals surface area (Å²) in [4.78, 5) is 11.6. The molecule has 0 aromatic carbocycles. The van der Waals surface area contributed by atoms with Crippen molar-refractivity contribution in [3.63, 3.8) is 0 Å². The van der Waals surface area contributed by atoms with Crippen LogP contribution in [0.4, 0.5) is 0 Å². The number of carbonyl (C=O) groups is 1. The van der Waals surface area contributed by atoms with E-state index >= 15 is 0 Å². The summed E-state index contributed by atoms with van der Waals surface area (Å²) < 4.78 is 0. The van der Waals surface area contributed by atoms with E-state index in [1.54, 1.807) is 0 Å². The molecule has 2 aliphatic rings. The summed E-state index contributed by atoms with van der Waals surface area (Å²) in [5, 5.41) is 3.47. The Morgan fingerprint density at radius 2 is 1.86 bits per heavy atom. The minimum atomic E-state index is 0.274. The molecule has 0 aromatic rings. The molecule has 2 unspecified atom stereocenters. The number of amides is 1. The molecule has 2 saturated carbocycles.